The van der Waals surface area contributed by atoms with E-state index in [4.69, 9.17) is 9.47 Å². The molecule has 1 aliphatic heterocycles. The van der Waals surface area contributed by atoms with Gasteiger partial charge in [0.15, 0.2) is 11.6 Å². The quantitative estimate of drug-likeness (QED) is 0.799. The van der Waals surface area contributed by atoms with Crippen molar-refractivity contribution in [3.8, 4) is 0 Å². The van der Waals surface area contributed by atoms with Gasteiger partial charge in [-0.3, -0.25) is 0 Å². The Morgan fingerprint density at radius 1 is 1.22 bits per heavy atom. The highest BCUT2D eigenvalue weighted by Crippen LogP contribution is 2.29. The fourth-order valence-electron chi connectivity index (χ4n) is 4.01. The van der Waals surface area contributed by atoms with Crippen LogP contribution in [-0.4, -0.2) is 45.1 Å². The van der Waals surface area contributed by atoms with Gasteiger partial charge >= 0.3 is 0 Å². The molecule has 0 bridgehead atoms. The van der Waals surface area contributed by atoms with Crippen molar-refractivity contribution < 1.29 is 9.47 Å². The van der Waals surface area contributed by atoms with Gasteiger partial charge in [0.1, 0.15) is 18.8 Å². The molecule has 2 fully saturated rings. The molecule has 27 heavy (non-hydrogen) atoms. The SMILES string of the molecule is COCc1nc(NCc2nncn2C2CCCCC2)cc([C@@H]2CCOC2)n1. The molecule has 3 heterocycles. The van der Waals surface area contributed by atoms with Crippen molar-refractivity contribution in [3.63, 3.8) is 0 Å². The van der Waals surface area contributed by atoms with Gasteiger partial charge in [-0.05, 0) is 19.3 Å². The number of ether oxygens (including phenoxy) is 2. The maximum atomic E-state index is 5.52. The van der Waals surface area contributed by atoms with Crippen LogP contribution in [-0.2, 0) is 22.6 Å². The molecule has 2 aromatic heterocycles. The van der Waals surface area contributed by atoms with Crippen LogP contribution >= 0.6 is 0 Å². The molecule has 2 aliphatic rings. The number of hydrogen-bond donors (Lipinski definition) is 1. The van der Waals surface area contributed by atoms with Gasteiger partial charge in [0.25, 0.3) is 0 Å². The number of rotatable bonds is 7. The van der Waals surface area contributed by atoms with Crippen LogP contribution in [0.3, 0.4) is 0 Å². The molecule has 0 radical (unpaired) electrons. The molecule has 1 atom stereocenters. The van der Waals surface area contributed by atoms with E-state index in [2.05, 4.69) is 30.0 Å². The summed E-state index contributed by atoms with van der Waals surface area (Å²) in [5.74, 6) is 2.78. The average molecular weight is 372 g/mol. The predicted molar refractivity (Wildman–Crippen MR) is 100 cm³/mol. The number of anilines is 1. The normalized spacial score (nSPS) is 20.9. The van der Waals surface area contributed by atoms with Crippen LogP contribution in [0.1, 0.15) is 67.8 Å². The molecule has 1 saturated carbocycles. The number of nitrogens with zero attached hydrogens (tertiary/aromatic N) is 5. The lowest BCUT2D eigenvalue weighted by Crippen LogP contribution is -2.17. The molecule has 0 aromatic carbocycles. The van der Waals surface area contributed by atoms with Gasteiger partial charge in [-0.2, -0.15) is 0 Å². The fraction of sp³-hybridized carbons (Fsp3) is 0.684. The van der Waals surface area contributed by atoms with Gasteiger partial charge in [0.2, 0.25) is 0 Å². The van der Waals surface area contributed by atoms with E-state index in [1.165, 1.54) is 32.1 Å². The Bertz CT molecular complexity index is 738. The standard InChI is InChI=1S/C19H28N6O2/c1-26-12-18-22-16(14-7-8-27-11-14)9-17(23-18)20-10-19-24-21-13-25(19)15-5-3-2-4-6-15/h9,13-15H,2-8,10-12H2,1H3,(H,20,22,23)/t14-/m1/s1. The molecular weight excluding hydrogens is 344 g/mol. The van der Waals surface area contributed by atoms with Gasteiger partial charge in [-0.15, -0.1) is 10.2 Å². The van der Waals surface area contributed by atoms with E-state index in [0.29, 0.717) is 30.9 Å². The van der Waals surface area contributed by atoms with Gasteiger partial charge in [0, 0.05) is 31.7 Å². The molecule has 146 valence electrons. The molecule has 0 amide bonds. The van der Waals surface area contributed by atoms with Crippen LogP contribution in [0.5, 0.6) is 0 Å². The van der Waals surface area contributed by atoms with Crippen molar-refractivity contribution in [2.75, 3.05) is 25.6 Å². The first kappa shape index (κ1) is 18.3. The van der Waals surface area contributed by atoms with Crippen molar-refractivity contribution in [2.45, 2.75) is 63.6 Å². The lowest BCUT2D eigenvalue weighted by Gasteiger charge is -2.24. The topological polar surface area (TPSA) is 87.0 Å². The van der Waals surface area contributed by atoms with Gasteiger partial charge in [0.05, 0.1) is 18.8 Å². The van der Waals surface area contributed by atoms with Crippen LogP contribution in [0.25, 0.3) is 0 Å². The first-order valence-corrected chi connectivity index (χ1v) is 9.90. The minimum absolute atomic E-state index is 0.329. The third-order valence-electron chi connectivity index (χ3n) is 5.46. The number of aromatic nitrogens is 5. The van der Waals surface area contributed by atoms with Gasteiger partial charge < -0.3 is 19.4 Å². The Labute approximate surface area is 159 Å². The van der Waals surface area contributed by atoms with E-state index in [1.807, 2.05) is 12.4 Å². The van der Waals surface area contributed by atoms with E-state index < -0.39 is 0 Å². The second kappa shape index (κ2) is 8.75. The summed E-state index contributed by atoms with van der Waals surface area (Å²) in [5, 5.41) is 11.9. The minimum Gasteiger partial charge on any atom is -0.381 e. The van der Waals surface area contributed by atoms with Crippen molar-refractivity contribution in [3.05, 3.63) is 29.7 Å². The zero-order valence-corrected chi connectivity index (χ0v) is 15.9. The lowest BCUT2D eigenvalue weighted by atomic mass is 9.95. The van der Waals surface area contributed by atoms with E-state index in [0.717, 1.165) is 37.0 Å². The molecule has 0 spiro atoms. The van der Waals surface area contributed by atoms with Crippen LogP contribution in [0.4, 0.5) is 5.82 Å². The highest BCUT2D eigenvalue weighted by molar-refractivity contribution is 5.37. The van der Waals surface area contributed by atoms with Crippen LogP contribution < -0.4 is 5.32 Å². The smallest absolute Gasteiger partial charge is 0.156 e. The Hall–Kier alpha value is -2.06. The fourth-order valence-corrected chi connectivity index (χ4v) is 4.01. The number of methoxy groups -OCH3 is 1. The zero-order chi connectivity index (χ0) is 18.5. The average Bonchev–Trinajstić information content (AvgIpc) is 3.39. The maximum Gasteiger partial charge on any atom is 0.156 e. The van der Waals surface area contributed by atoms with E-state index in [-0.39, 0.29) is 0 Å². The first-order valence-electron chi connectivity index (χ1n) is 9.90. The monoisotopic (exact) mass is 372 g/mol. The minimum atomic E-state index is 0.329. The summed E-state index contributed by atoms with van der Waals surface area (Å²) in [6.07, 6.45) is 9.20. The van der Waals surface area contributed by atoms with Crippen LogP contribution in [0.2, 0.25) is 0 Å². The summed E-state index contributed by atoms with van der Waals surface area (Å²) in [6.45, 7) is 2.51. The van der Waals surface area contributed by atoms with Gasteiger partial charge in [-0.1, -0.05) is 19.3 Å². The lowest BCUT2D eigenvalue weighted by molar-refractivity contribution is 0.177. The van der Waals surface area contributed by atoms with Crippen LogP contribution in [0, 0.1) is 0 Å². The molecule has 1 N–H and O–H groups in total. The van der Waals surface area contributed by atoms with Crippen molar-refractivity contribution in [2.24, 2.45) is 0 Å². The van der Waals surface area contributed by atoms with Crippen molar-refractivity contribution in [1.29, 1.82) is 0 Å². The highest BCUT2D eigenvalue weighted by atomic mass is 16.5. The number of hydrogen-bond acceptors (Lipinski definition) is 7. The van der Waals surface area contributed by atoms with E-state index >= 15 is 0 Å². The summed E-state index contributed by atoms with van der Waals surface area (Å²) in [5.41, 5.74) is 1.02. The van der Waals surface area contributed by atoms with E-state index in [9.17, 15) is 0 Å². The van der Waals surface area contributed by atoms with Crippen LogP contribution in [0.15, 0.2) is 12.4 Å². The Kier molecular flexibility index (Phi) is 5.94. The molecule has 8 heteroatoms. The van der Waals surface area contributed by atoms with Gasteiger partial charge in [-0.25, -0.2) is 9.97 Å². The maximum absolute atomic E-state index is 5.52. The third kappa shape index (κ3) is 4.44. The second-order valence-electron chi connectivity index (χ2n) is 7.39. The summed E-state index contributed by atoms with van der Waals surface area (Å²) in [7, 11) is 1.66. The Morgan fingerprint density at radius 3 is 2.89 bits per heavy atom. The molecular formula is C19H28N6O2. The second-order valence-corrected chi connectivity index (χ2v) is 7.39. The molecule has 8 nitrogen and oxygen atoms in total. The van der Waals surface area contributed by atoms with E-state index in [1.54, 1.807) is 7.11 Å². The summed E-state index contributed by atoms with van der Waals surface area (Å²) in [6, 6.07) is 2.55. The molecule has 1 aliphatic carbocycles. The Balaban J connectivity index is 1.48. The third-order valence-corrected chi connectivity index (χ3v) is 5.46. The first-order chi connectivity index (χ1) is 13.3. The number of nitrogens with one attached hydrogen (secondary N) is 1. The van der Waals surface area contributed by atoms with Crippen molar-refractivity contribution >= 4 is 5.82 Å². The molecule has 2 aromatic rings. The largest absolute Gasteiger partial charge is 0.381 e. The highest BCUT2D eigenvalue weighted by Gasteiger charge is 2.21. The van der Waals surface area contributed by atoms with Crippen molar-refractivity contribution in [1.82, 2.24) is 24.7 Å². The molecule has 1 saturated heterocycles. The summed E-state index contributed by atoms with van der Waals surface area (Å²) < 4.78 is 13.0. The summed E-state index contributed by atoms with van der Waals surface area (Å²) in [4.78, 5) is 9.24. The Morgan fingerprint density at radius 2 is 2.11 bits per heavy atom. The summed E-state index contributed by atoms with van der Waals surface area (Å²) >= 11 is 0. The zero-order valence-electron chi connectivity index (χ0n) is 15.9. The molecule has 4 rings (SSSR count). The predicted octanol–water partition coefficient (Wildman–Crippen LogP) is 2.84. The molecule has 0 unspecified atom stereocenters.